The lowest BCUT2D eigenvalue weighted by Crippen LogP contribution is -2.10. The maximum atomic E-state index is 3.51. The van der Waals surface area contributed by atoms with Crippen molar-refractivity contribution < 1.29 is 0 Å². The molecule has 112 valence electrons. The summed E-state index contributed by atoms with van der Waals surface area (Å²) in [6, 6.07) is 13.1. The van der Waals surface area contributed by atoms with Gasteiger partial charge in [0.25, 0.3) is 0 Å². The van der Waals surface area contributed by atoms with Gasteiger partial charge in [-0.3, -0.25) is 0 Å². The van der Waals surface area contributed by atoms with E-state index in [1.165, 1.54) is 32.5 Å². The summed E-state index contributed by atoms with van der Waals surface area (Å²) in [5.41, 5.74) is 4.83. The summed E-state index contributed by atoms with van der Waals surface area (Å²) in [5.74, 6) is 0. The van der Waals surface area contributed by atoms with Crippen LogP contribution >= 0.6 is 11.8 Å². The predicted octanol–water partition coefficient (Wildman–Crippen LogP) is 4.48. The molecule has 0 radical (unpaired) electrons. The zero-order chi connectivity index (χ0) is 14.3. The van der Waals surface area contributed by atoms with Crippen molar-refractivity contribution in [1.82, 2.24) is 0 Å². The van der Waals surface area contributed by atoms with E-state index in [4.69, 9.17) is 0 Å². The van der Waals surface area contributed by atoms with E-state index in [9.17, 15) is 0 Å². The summed E-state index contributed by atoms with van der Waals surface area (Å²) in [6.45, 7) is 0. The van der Waals surface area contributed by atoms with Crippen LogP contribution in [0.3, 0.4) is 0 Å². The Hall–Kier alpha value is -1.81. The van der Waals surface area contributed by atoms with Crippen LogP contribution in [0.2, 0.25) is 0 Å². The van der Waals surface area contributed by atoms with Gasteiger partial charge in [0.1, 0.15) is 0 Å². The lowest BCUT2D eigenvalue weighted by molar-refractivity contribution is 1.11. The van der Waals surface area contributed by atoms with Gasteiger partial charge in [0, 0.05) is 49.4 Å². The highest BCUT2D eigenvalue weighted by molar-refractivity contribution is 7.99. The maximum Gasteiger partial charge on any atom is 0.0527 e. The van der Waals surface area contributed by atoms with E-state index in [1.54, 1.807) is 0 Å². The average Bonchev–Trinajstić information content (AvgIpc) is 2.43. The molecule has 0 atom stereocenters. The Morgan fingerprint density at radius 1 is 0.762 bits per heavy atom. The van der Waals surface area contributed by atoms with Crippen LogP contribution in [0.15, 0.2) is 46.2 Å². The molecule has 1 heterocycles. The molecule has 1 aliphatic rings. The number of hydrogen-bond acceptors (Lipinski definition) is 4. The summed E-state index contributed by atoms with van der Waals surface area (Å²) in [5, 5.41) is 3.51. The van der Waals surface area contributed by atoms with E-state index >= 15 is 0 Å². The lowest BCUT2D eigenvalue weighted by Gasteiger charge is -2.24. The van der Waals surface area contributed by atoms with Crippen molar-refractivity contribution in [3.8, 4) is 0 Å². The monoisotopic (exact) mass is 300 g/mol. The molecule has 0 saturated heterocycles. The molecule has 2 aromatic carbocycles. The van der Waals surface area contributed by atoms with Crippen LogP contribution in [0.5, 0.6) is 0 Å². The van der Waals surface area contributed by atoms with Gasteiger partial charge in [0.05, 0.1) is 11.4 Å². The minimum Gasteiger partial charge on any atom is -0.378 e. The minimum atomic E-state index is 0. The largest absolute Gasteiger partial charge is 0.378 e. The van der Waals surface area contributed by atoms with E-state index in [1.807, 2.05) is 11.8 Å². The molecule has 3 nitrogen and oxygen atoms in total. The van der Waals surface area contributed by atoms with Crippen molar-refractivity contribution in [2.45, 2.75) is 9.79 Å². The third-order valence-corrected chi connectivity index (χ3v) is 4.57. The minimum absolute atomic E-state index is 0. The van der Waals surface area contributed by atoms with Crippen LogP contribution < -0.4 is 15.1 Å². The van der Waals surface area contributed by atoms with Crippen molar-refractivity contribution in [2.75, 3.05) is 43.3 Å². The number of anilines is 4. The van der Waals surface area contributed by atoms with Crippen LogP contribution in [0, 0.1) is 7.43 Å². The van der Waals surface area contributed by atoms with E-state index in [-0.39, 0.29) is 7.43 Å². The summed E-state index contributed by atoms with van der Waals surface area (Å²) < 4.78 is 0. The molecule has 4 heteroatoms. The molecule has 3 rings (SSSR count). The number of fused-ring (bicyclic) bond motifs is 2. The molecular formula is C17H22N3S-. The normalized spacial score (nSPS) is 11.6. The highest BCUT2D eigenvalue weighted by Gasteiger charge is 2.17. The summed E-state index contributed by atoms with van der Waals surface area (Å²) in [4.78, 5) is 6.82. The van der Waals surface area contributed by atoms with Crippen LogP contribution in [0.4, 0.5) is 22.7 Å². The molecule has 0 unspecified atom stereocenters. The SMILES string of the molecule is CN(C)c1ccc2c(c1)Sc1cc(N(C)C)ccc1N2.[CH3-]. The number of hydrogen-bond donors (Lipinski definition) is 1. The zero-order valence-electron chi connectivity index (χ0n) is 13.3. The first-order chi connectivity index (χ1) is 9.54. The number of benzene rings is 2. The van der Waals surface area contributed by atoms with Crippen molar-refractivity contribution in [3.05, 3.63) is 43.8 Å². The van der Waals surface area contributed by atoms with E-state index in [2.05, 4.69) is 79.7 Å². The molecule has 0 spiro atoms. The maximum absolute atomic E-state index is 3.51. The molecular weight excluding hydrogens is 278 g/mol. The fourth-order valence-electron chi connectivity index (χ4n) is 2.22. The molecule has 21 heavy (non-hydrogen) atoms. The third-order valence-electron chi connectivity index (χ3n) is 3.45. The highest BCUT2D eigenvalue weighted by Crippen LogP contribution is 2.46. The van der Waals surface area contributed by atoms with Crippen LogP contribution in [0.1, 0.15) is 0 Å². The van der Waals surface area contributed by atoms with E-state index in [0.29, 0.717) is 0 Å². The van der Waals surface area contributed by atoms with E-state index < -0.39 is 0 Å². The fraction of sp³-hybridized carbons (Fsp3) is 0.235. The van der Waals surface area contributed by atoms with Gasteiger partial charge in [-0.1, -0.05) is 11.8 Å². The van der Waals surface area contributed by atoms with Gasteiger partial charge in [0.15, 0.2) is 0 Å². The first-order valence-electron chi connectivity index (χ1n) is 6.62. The van der Waals surface area contributed by atoms with E-state index in [0.717, 1.165) is 0 Å². The van der Waals surface area contributed by atoms with Crippen molar-refractivity contribution >= 4 is 34.5 Å². The molecule has 0 aliphatic carbocycles. The average molecular weight is 300 g/mol. The van der Waals surface area contributed by atoms with Gasteiger partial charge in [-0.2, -0.15) is 0 Å². The standard InChI is InChI=1S/C16H19N3S.CH3/c1-18(2)11-5-7-13-15(9-11)20-16-10-12(19(3)4)6-8-14(16)17-13;/h5-10,17H,1-4H3;1H3/q;-1. The first kappa shape index (κ1) is 15.6. The molecule has 0 fully saturated rings. The number of nitrogens with zero attached hydrogens (tertiary/aromatic N) is 2. The van der Waals surface area contributed by atoms with Gasteiger partial charge in [-0.15, -0.1) is 0 Å². The molecule has 0 aromatic heterocycles. The Morgan fingerprint density at radius 3 is 1.57 bits per heavy atom. The second-order valence-corrected chi connectivity index (χ2v) is 6.46. The van der Waals surface area contributed by atoms with Gasteiger partial charge in [-0.25, -0.2) is 0 Å². The Balaban J connectivity index is 0.00000161. The fourth-order valence-corrected chi connectivity index (χ4v) is 3.27. The van der Waals surface area contributed by atoms with Crippen LogP contribution in [-0.2, 0) is 0 Å². The second-order valence-electron chi connectivity index (χ2n) is 5.38. The van der Waals surface area contributed by atoms with Gasteiger partial charge in [-0.05, 0) is 36.4 Å². The third kappa shape index (κ3) is 2.95. The Morgan fingerprint density at radius 2 is 1.19 bits per heavy atom. The van der Waals surface area contributed by atoms with Crippen LogP contribution in [-0.4, -0.2) is 28.2 Å². The Labute approximate surface area is 132 Å². The van der Waals surface area contributed by atoms with Gasteiger partial charge in [0.2, 0.25) is 0 Å². The topological polar surface area (TPSA) is 18.5 Å². The molecule has 0 saturated carbocycles. The lowest BCUT2D eigenvalue weighted by atomic mass is 10.2. The van der Waals surface area contributed by atoms with Gasteiger partial charge >= 0.3 is 0 Å². The first-order valence-corrected chi connectivity index (χ1v) is 7.44. The van der Waals surface area contributed by atoms with Crippen molar-refractivity contribution in [2.24, 2.45) is 0 Å². The van der Waals surface area contributed by atoms with Crippen LogP contribution in [0.25, 0.3) is 0 Å². The second kappa shape index (κ2) is 5.90. The van der Waals surface area contributed by atoms with Crippen molar-refractivity contribution in [1.29, 1.82) is 0 Å². The summed E-state index contributed by atoms with van der Waals surface area (Å²) in [6.07, 6.45) is 0. The smallest absolute Gasteiger partial charge is 0.0527 e. The Kier molecular flexibility index (Phi) is 4.37. The quantitative estimate of drug-likeness (QED) is 0.703. The predicted molar refractivity (Wildman–Crippen MR) is 95.4 cm³/mol. The molecule has 1 N–H and O–H groups in total. The van der Waals surface area contributed by atoms with Gasteiger partial charge < -0.3 is 22.5 Å². The Bertz CT molecular complexity index is 595. The molecule has 1 aliphatic heterocycles. The summed E-state index contributed by atoms with van der Waals surface area (Å²) in [7, 11) is 8.28. The summed E-state index contributed by atoms with van der Waals surface area (Å²) >= 11 is 1.83. The zero-order valence-corrected chi connectivity index (χ0v) is 14.1. The molecule has 0 amide bonds. The van der Waals surface area contributed by atoms with Crippen molar-refractivity contribution in [3.63, 3.8) is 0 Å². The number of rotatable bonds is 2. The molecule has 0 bridgehead atoms. The number of nitrogens with one attached hydrogen (secondary N) is 1. The highest BCUT2D eigenvalue weighted by atomic mass is 32.2. The molecule has 2 aromatic rings.